The Bertz CT molecular complexity index is 1320. The molecule has 166 valence electrons. The van der Waals surface area contributed by atoms with Crippen molar-refractivity contribution in [3.63, 3.8) is 0 Å². The van der Waals surface area contributed by atoms with Crippen LogP contribution in [-0.2, 0) is 9.53 Å². The zero-order valence-electron chi connectivity index (χ0n) is 19.0. The van der Waals surface area contributed by atoms with Gasteiger partial charge in [-0.05, 0) is 59.9 Å². The number of aromatic nitrogens is 2. The molecule has 2 heterocycles. The zero-order chi connectivity index (χ0) is 23.4. The summed E-state index contributed by atoms with van der Waals surface area (Å²) in [6.45, 7) is 6.39. The molecule has 0 unspecified atom stereocenters. The molecule has 33 heavy (non-hydrogen) atoms. The lowest BCUT2D eigenvalue weighted by Gasteiger charge is -2.13. The van der Waals surface area contributed by atoms with Gasteiger partial charge in [0.1, 0.15) is 0 Å². The monoisotopic (exact) mass is 438 g/mol. The molecule has 5 nitrogen and oxygen atoms in total. The van der Waals surface area contributed by atoms with Crippen LogP contribution >= 0.6 is 0 Å². The molecule has 2 aromatic carbocycles. The fraction of sp³-hybridized carbons (Fsp3) is 0.179. The van der Waals surface area contributed by atoms with Crippen molar-refractivity contribution in [3.05, 3.63) is 101 Å². The number of nitrogens with zero attached hydrogens (tertiary/aromatic N) is 2. The summed E-state index contributed by atoms with van der Waals surface area (Å²) >= 11 is 0. The van der Waals surface area contributed by atoms with Gasteiger partial charge in [-0.3, -0.25) is 4.98 Å². The SMILES string of the molecule is CCOC(=O)/C(=C/c1cccc(-c2cc(C(C)C)cc3cccnc23)c1)c1cc[n+]([O-])cc1. The number of benzene rings is 2. The normalized spacial score (nSPS) is 11.7. The van der Waals surface area contributed by atoms with Crippen molar-refractivity contribution in [2.24, 2.45) is 0 Å². The van der Waals surface area contributed by atoms with Gasteiger partial charge in [0.05, 0.1) is 17.7 Å². The topological polar surface area (TPSA) is 66.1 Å². The first-order valence-electron chi connectivity index (χ1n) is 11.0. The molecule has 0 saturated heterocycles. The Labute approximate surface area is 193 Å². The molecule has 0 fully saturated rings. The highest BCUT2D eigenvalue weighted by atomic mass is 16.5. The van der Waals surface area contributed by atoms with E-state index in [0.29, 0.717) is 21.8 Å². The van der Waals surface area contributed by atoms with Gasteiger partial charge >= 0.3 is 5.97 Å². The number of pyridine rings is 2. The predicted octanol–water partition coefficient (Wildman–Crippen LogP) is 5.76. The van der Waals surface area contributed by atoms with E-state index in [1.165, 1.54) is 18.0 Å². The van der Waals surface area contributed by atoms with Crippen LogP contribution in [0.5, 0.6) is 0 Å². The van der Waals surface area contributed by atoms with Crippen molar-refractivity contribution in [2.75, 3.05) is 6.61 Å². The van der Waals surface area contributed by atoms with Gasteiger partial charge in [-0.2, -0.15) is 4.73 Å². The third-order valence-electron chi connectivity index (χ3n) is 5.51. The van der Waals surface area contributed by atoms with E-state index in [1.807, 2.05) is 24.3 Å². The van der Waals surface area contributed by atoms with E-state index in [9.17, 15) is 10.0 Å². The molecule has 0 aliphatic carbocycles. The van der Waals surface area contributed by atoms with Crippen LogP contribution in [0.25, 0.3) is 33.7 Å². The van der Waals surface area contributed by atoms with Crippen LogP contribution in [-0.4, -0.2) is 17.6 Å². The molecule has 0 spiro atoms. The number of hydrogen-bond acceptors (Lipinski definition) is 4. The average Bonchev–Trinajstić information content (AvgIpc) is 2.82. The summed E-state index contributed by atoms with van der Waals surface area (Å²) in [5.41, 5.74) is 6.13. The Kier molecular flexibility index (Phi) is 6.50. The van der Waals surface area contributed by atoms with Gasteiger partial charge < -0.3 is 9.94 Å². The Morgan fingerprint density at radius 1 is 1.09 bits per heavy atom. The van der Waals surface area contributed by atoms with Gasteiger partial charge in [0.15, 0.2) is 12.4 Å². The highest BCUT2D eigenvalue weighted by Gasteiger charge is 2.15. The highest BCUT2D eigenvalue weighted by molar-refractivity contribution is 6.21. The average molecular weight is 439 g/mol. The molecule has 5 heteroatoms. The van der Waals surface area contributed by atoms with Gasteiger partial charge in [-0.1, -0.05) is 38.1 Å². The highest BCUT2D eigenvalue weighted by Crippen LogP contribution is 2.32. The van der Waals surface area contributed by atoms with Crippen molar-refractivity contribution in [1.29, 1.82) is 0 Å². The number of ether oxygens (including phenoxy) is 1. The number of esters is 1. The summed E-state index contributed by atoms with van der Waals surface area (Å²) in [4.78, 5) is 17.3. The van der Waals surface area contributed by atoms with E-state index in [0.717, 1.165) is 27.6 Å². The summed E-state index contributed by atoms with van der Waals surface area (Å²) in [6.07, 6.45) is 6.34. The lowest BCUT2D eigenvalue weighted by atomic mass is 9.93. The van der Waals surface area contributed by atoms with Crippen LogP contribution in [0.15, 0.2) is 79.3 Å². The lowest BCUT2D eigenvalue weighted by molar-refractivity contribution is -0.605. The number of fused-ring (bicyclic) bond motifs is 1. The predicted molar refractivity (Wildman–Crippen MR) is 131 cm³/mol. The van der Waals surface area contributed by atoms with Gasteiger partial charge in [-0.15, -0.1) is 0 Å². The van der Waals surface area contributed by atoms with Crippen LogP contribution < -0.4 is 4.73 Å². The lowest BCUT2D eigenvalue weighted by Crippen LogP contribution is -2.24. The van der Waals surface area contributed by atoms with Gasteiger partial charge in [0.25, 0.3) is 0 Å². The van der Waals surface area contributed by atoms with Crippen molar-refractivity contribution in [1.82, 2.24) is 4.98 Å². The van der Waals surface area contributed by atoms with Crippen LogP contribution in [0.4, 0.5) is 0 Å². The minimum atomic E-state index is -0.430. The maximum absolute atomic E-state index is 12.7. The van der Waals surface area contributed by atoms with E-state index < -0.39 is 5.97 Å². The molecule has 0 bridgehead atoms. The van der Waals surface area contributed by atoms with E-state index in [4.69, 9.17) is 4.74 Å². The number of carbonyl (C=O) groups excluding carboxylic acids is 1. The fourth-order valence-electron chi connectivity index (χ4n) is 3.79. The van der Waals surface area contributed by atoms with Crippen molar-refractivity contribution in [2.45, 2.75) is 26.7 Å². The summed E-state index contributed by atoms with van der Waals surface area (Å²) in [5, 5.41) is 12.6. The molecule has 2 aromatic heterocycles. The van der Waals surface area contributed by atoms with Gasteiger partial charge in [0, 0.05) is 34.8 Å². The first-order valence-corrected chi connectivity index (χ1v) is 11.0. The summed E-state index contributed by atoms with van der Waals surface area (Å²) < 4.78 is 5.96. The molecule has 0 amide bonds. The first-order chi connectivity index (χ1) is 16.0. The second-order valence-electron chi connectivity index (χ2n) is 8.15. The number of hydrogen-bond donors (Lipinski definition) is 0. The molecule has 0 atom stereocenters. The standard InChI is InChI=1S/C28H26N2O3/c1-4-33-28(31)26(21-10-13-30(32)14-11-21)16-20-7-5-8-22(15-20)25-18-24(19(2)3)17-23-9-6-12-29-27(23)25/h5-19H,4H2,1-3H3/b26-16+. The Hall–Kier alpha value is -3.99. The molecule has 4 rings (SSSR count). The minimum absolute atomic E-state index is 0.268. The number of rotatable bonds is 6. The van der Waals surface area contributed by atoms with E-state index in [1.54, 1.807) is 31.3 Å². The molecule has 0 N–H and O–H groups in total. The quantitative estimate of drug-likeness (QED) is 0.166. The third kappa shape index (κ3) is 4.93. The Morgan fingerprint density at radius 3 is 2.61 bits per heavy atom. The fourth-order valence-corrected chi connectivity index (χ4v) is 3.79. The van der Waals surface area contributed by atoms with E-state index in [2.05, 4.69) is 43.1 Å². The number of carbonyl (C=O) groups is 1. The van der Waals surface area contributed by atoms with E-state index in [-0.39, 0.29) is 6.61 Å². The first kappa shape index (κ1) is 22.2. The molecule has 0 saturated carbocycles. The second kappa shape index (κ2) is 9.65. The van der Waals surface area contributed by atoms with Crippen molar-refractivity contribution < 1.29 is 14.3 Å². The van der Waals surface area contributed by atoms with Crippen LogP contribution in [0.3, 0.4) is 0 Å². The van der Waals surface area contributed by atoms with E-state index >= 15 is 0 Å². The largest absolute Gasteiger partial charge is 0.619 e. The molecule has 0 aliphatic rings. The zero-order valence-corrected chi connectivity index (χ0v) is 19.0. The molecular weight excluding hydrogens is 412 g/mol. The maximum Gasteiger partial charge on any atom is 0.338 e. The van der Waals surface area contributed by atoms with Crippen molar-refractivity contribution in [3.8, 4) is 11.1 Å². The molecule has 0 aliphatic heterocycles. The van der Waals surface area contributed by atoms with Crippen LogP contribution in [0, 0.1) is 5.21 Å². The Balaban J connectivity index is 1.84. The second-order valence-corrected chi connectivity index (χ2v) is 8.15. The van der Waals surface area contributed by atoms with Crippen LogP contribution in [0.2, 0.25) is 0 Å². The minimum Gasteiger partial charge on any atom is -0.619 e. The third-order valence-corrected chi connectivity index (χ3v) is 5.51. The summed E-state index contributed by atoms with van der Waals surface area (Å²) in [5.74, 6) is -0.0471. The maximum atomic E-state index is 12.7. The van der Waals surface area contributed by atoms with Crippen molar-refractivity contribution >= 4 is 28.5 Å². The summed E-state index contributed by atoms with van der Waals surface area (Å²) in [7, 11) is 0. The smallest absolute Gasteiger partial charge is 0.338 e. The molecule has 0 radical (unpaired) electrons. The van der Waals surface area contributed by atoms with Crippen LogP contribution in [0.1, 0.15) is 43.4 Å². The van der Waals surface area contributed by atoms with Gasteiger partial charge in [0.2, 0.25) is 0 Å². The van der Waals surface area contributed by atoms with Gasteiger partial charge in [-0.25, -0.2) is 4.79 Å². The molecule has 4 aromatic rings. The Morgan fingerprint density at radius 2 is 1.88 bits per heavy atom. The summed E-state index contributed by atoms with van der Waals surface area (Å²) in [6, 6.07) is 19.7. The molecular formula is C28H26N2O3.